The average Bonchev–Trinajstić information content (AvgIpc) is 2.53. The van der Waals surface area contributed by atoms with Crippen LogP contribution in [0.5, 0.6) is 11.5 Å². The number of rotatable bonds is 6. The summed E-state index contributed by atoms with van der Waals surface area (Å²) in [6.45, 7) is 2.14. The van der Waals surface area contributed by atoms with Gasteiger partial charge in [0.15, 0.2) is 0 Å². The van der Waals surface area contributed by atoms with Crippen LogP contribution in [0.15, 0.2) is 42.5 Å². The minimum absolute atomic E-state index is 0.177. The third kappa shape index (κ3) is 3.56. The van der Waals surface area contributed by atoms with Crippen LogP contribution < -0.4 is 14.8 Å². The summed E-state index contributed by atoms with van der Waals surface area (Å²) in [5.74, 6) is 1.72. The maximum absolute atomic E-state index is 5.50. The summed E-state index contributed by atoms with van der Waals surface area (Å²) in [5, 5.41) is 3.38. The first kappa shape index (κ1) is 15.4. The Morgan fingerprint density at radius 2 is 1.81 bits per heavy atom. The fraction of sp³-hybridized carbons (Fsp3) is 0.333. The van der Waals surface area contributed by atoms with Crippen molar-refractivity contribution in [1.82, 2.24) is 5.32 Å². The maximum atomic E-state index is 5.50. The highest BCUT2D eigenvalue weighted by molar-refractivity contribution is 5.43. The molecule has 3 nitrogen and oxygen atoms in total. The van der Waals surface area contributed by atoms with E-state index in [0.29, 0.717) is 0 Å². The number of benzene rings is 2. The Morgan fingerprint density at radius 3 is 2.43 bits per heavy atom. The van der Waals surface area contributed by atoms with Crippen LogP contribution >= 0.6 is 0 Å². The van der Waals surface area contributed by atoms with E-state index >= 15 is 0 Å². The van der Waals surface area contributed by atoms with E-state index in [-0.39, 0.29) is 6.04 Å². The maximum Gasteiger partial charge on any atom is 0.123 e. The predicted octanol–water partition coefficient (Wildman–Crippen LogP) is 3.52. The van der Waals surface area contributed by atoms with E-state index in [1.807, 2.05) is 25.2 Å². The highest BCUT2D eigenvalue weighted by atomic mass is 16.5. The number of likely N-dealkylation sites (N-methyl/N-ethyl adjacent to an activating group) is 1. The lowest BCUT2D eigenvalue weighted by atomic mass is 9.95. The van der Waals surface area contributed by atoms with Gasteiger partial charge in [0.05, 0.1) is 14.2 Å². The molecule has 0 saturated carbocycles. The van der Waals surface area contributed by atoms with Gasteiger partial charge in [-0.1, -0.05) is 24.3 Å². The SMILES string of the molecule is CNC(Cc1ccccc1C)c1cc(OC)ccc1OC. The molecule has 0 radical (unpaired) electrons. The third-order valence-electron chi connectivity index (χ3n) is 3.85. The second-order valence-corrected chi connectivity index (χ2v) is 5.08. The van der Waals surface area contributed by atoms with Crippen molar-refractivity contribution in [2.24, 2.45) is 0 Å². The molecule has 3 heteroatoms. The summed E-state index contributed by atoms with van der Waals surface area (Å²) in [5.41, 5.74) is 3.75. The van der Waals surface area contributed by atoms with E-state index in [1.165, 1.54) is 11.1 Å². The number of hydrogen-bond acceptors (Lipinski definition) is 3. The first-order valence-corrected chi connectivity index (χ1v) is 7.13. The highest BCUT2D eigenvalue weighted by Gasteiger charge is 2.17. The topological polar surface area (TPSA) is 30.5 Å². The molecule has 0 fully saturated rings. The fourth-order valence-corrected chi connectivity index (χ4v) is 2.54. The van der Waals surface area contributed by atoms with Gasteiger partial charge in [0.25, 0.3) is 0 Å². The zero-order valence-electron chi connectivity index (χ0n) is 13.1. The molecule has 0 amide bonds. The summed E-state index contributed by atoms with van der Waals surface area (Å²) < 4.78 is 10.8. The summed E-state index contributed by atoms with van der Waals surface area (Å²) >= 11 is 0. The molecule has 0 aliphatic carbocycles. The van der Waals surface area contributed by atoms with Crippen molar-refractivity contribution < 1.29 is 9.47 Å². The van der Waals surface area contributed by atoms with E-state index in [2.05, 4.69) is 36.5 Å². The Labute approximate surface area is 126 Å². The van der Waals surface area contributed by atoms with Gasteiger partial charge in [0.1, 0.15) is 11.5 Å². The summed E-state index contributed by atoms with van der Waals surface area (Å²) in [7, 11) is 5.36. The highest BCUT2D eigenvalue weighted by Crippen LogP contribution is 2.31. The fourth-order valence-electron chi connectivity index (χ4n) is 2.54. The molecule has 0 aromatic heterocycles. The van der Waals surface area contributed by atoms with Gasteiger partial charge >= 0.3 is 0 Å². The lowest BCUT2D eigenvalue weighted by Crippen LogP contribution is -2.20. The molecule has 2 aromatic rings. The van der Waals surface area contributed by atoms with Crippen molar-refractivity contribution in [3.8, 4) is 11.5 Å². The summed E-state index contributed by atoms with van der Waals surface area (Å²) in [6.07, 6.45) is 0.909. The molecule has 0 saturated heterocycles. The average molecular weight is 285 g/mol. The predicted molar refractivity (Wildman–Crippen MR) is 86.2 cm³/mol. The number of aryl methyl sites for hydroxylation is 1. The molecule has 1 atom stereocenters. The Morgan fingerprint density at radius 1 is 1.05 bits per heavy atom. The van der Waals surface area contributed by atoms with Gasteiger partial charge in [-0.2, -0.15) is 0 Å². The number of ether oxygens (including phenoxy) is 2. The van der Waals surface area contributed by atoms with Crippen LogP contribution in [0.4, 0.5) is 0 Å². The standard InChI is InChI=1S/C18H23NO2/c1-13-7-5-6-8-14(13)11-17(19-2)16-12-15(20-3)9-10-18(16)21-4/h5-10,12,17,19H,11H2,1-4H3. The van der Waals surface area contributed by atoms with Gasteiger partial charge in [0, 0.05) is 11.6 Å². The Bertz CT molecular complexity index is 596. The van der Waals surface area contributed by atoms with Crippen molar-refractivity contribution >= 4 is 0 Å². The van der Waals surface area contributed by atoms with Crippen molar-refractivity contribution in [2.75, 3.05) is 21.3 Å². The van der Waals surface area contributed by atoms with Gasteiger partial charge in [-0.05, 0) is 49.7 Å². The Kier molecular flexibility index (Phi) is 5.23. The quantitative estimate of drug-likeness (QED) is 0.881. The van der Waals surface area contributed by atoms with Gasteiger partial charge in [-0.15, -0.1) is 0 Å². The monoisotopic (exact) mass is 285 g/mol. The van der Waals surface area contributed by atoms with E-state index in [4.69, 9.17) is 9.47 Å². The van der Waals surface area contributed by atoms with Gasteiger partial charge in [-0.3, -0.25) is 0 Å². The van der Waals surface area contributed by atoms with Crippen LogP contribution in [0.2, 0.25) is 0 Å². The minimum Gasteiger partial charge on any atom is -0.497 e. The van der Waals surface area contributed by atoms with Crippen LogP contribution in [0.25, 0.3) is 0 Å². The lowest BCUT2D eigenvalue weighted by Gasteiger charge is -2.21. The minimum atomic E-state index is 0.177. The van der Waals surface area contributed by atoms with Gasteiger partial charge < -0.3 is 14.8 Å². The second kappa shape index (κ2) is 7.14. The number of methoxy groups -OCH3 is 2. The molecule has 0 heterocycles. The molecule has 1 N–H and O–H groups in total. The number of hydrogen-bond donors (Lipinski definition) is 1. The molecular weight excluding hydrogens is 262 g/mol. The van der Waals surface area contributed by atoms with Gasteiger partial charge in [-0.25, -0.2) is 0 Å². The zero-order valence-corrected chi connectivity index (χ0v) is 13.1. The largest absolute Gasteiger partial charge is 0.497 e. The van der Waals surface area contributed by atoms with Crippen molar-refractivity contribution in [1.29, 1.82) is 0 Å². The van der Waals surface area contributed by atoms with Crippen molar-refractivity contribution in [3.63, 3.8) is 0 Å². The number of nitrogens with one attached hydrogen (secondary N) is 1. The molecule has 2 aromatic carbocycles. The van der Waals surface area contributed by atoms with E-state index in [9.17, 15) is 0 Å². The van der Waals surface area contributed by atoms with Crippen LogP contribution in [-0.2, 0) is 6.42 Å². The van der Waals surface area contributed by atoms with Crippen molar-refractivity contribution in [2.45, 2.75) is 19.4 Å². The lowest BCUT2D eigenvalue weighted by molar-refractivity contribution is 0.391. The van der Waals surface area contributed by atoms with E-state index < -0.39 is 0 Å². The molecular formula is C18H23NO2. The summed E-state index contributed by atoms with van der Waals surface area (Å²) in [4.78, 5) is 0. The first-order valence-electron chi connectivity index (χ1n) is 7.13. The molecule has 0 spiro atoms. The Balaban J connectivity index is 2.34. The summed E-state index contributed by atoms with van der Waals surface area (Å²) in [6, 6.07) is 14.6. The second-order valence-electron chi connectivity index (χ2n) is 5.08. The van der Waals surface area contributed by atoms with Crippen LogP contribution in [0.3, 0.4) is 0 Å². The van der Waals surface area contributed by atoms with Gasteiger partial charge in [0.2, 0.25) is 0 Å². The molecule has 2 rings (SSSR count). The van der Waals surface area contributed by atoms with E-state index in [1.54, 1.807) is 14.2 Å². The van der Waals surface area contributed by atoms with Crippen LogP contribution in [0.1, 0.15) is 22.7 Å². The van der Waals surface area contributed by atoms with Crippen LogP contribution in [0, 0.1) is 6.92 Å². The molecule has 0 aliphatic rings. The normalized spacial score (nSPS) is 12.0. The van der Waals surface area contributed by atoms with E-state index in [0.717, 1.165) is 23.5 Å². The third-order valence-corrected chi connectivity index (χ3v) is 3.85. The smallest absolute Gasteiger partial charge is 0.123 e. The zero-order chi connectivity index (χ0) is 15.2. The molecule has 0 aliphatic heterocycles. The van der Waals surface area contributed by atoms with Crippen molar-refractivity contribution in [3.05, 3.63) is 59.2 Å². The molecule has 21 heavy (non-hydrogen) atoms. The molecule has 1 unspecified atom stereocenters. The molecule has 112 valence electrons. The molecule has 0 bridgehead atoms. The Hall–Kier alpha value is -2.00. The van der Waals surface area contributed by atoms with Crippen LogP contribution in [-0.4, -0.2) is 21.3 Å². The first-order chi connectivity index (χ1) is 10.2.